The average molecular weight is 913 g/mol. The fourth-order valence-electron chi connectivity index (χ4n) is 10.9. The third-order valence-corrected chi connectivity index (χ3v) is 14.4. The van der Waals surface area contributed by atoms with Crippen molar-refractivity contribution in [1.82, 2.24) is 0 Å². The standard InChI is InChI=1S/C72H48/c1-3-16-49(17-4-1)34-36-51-20-11-24-54(44-51)56-39-40-58-48-61(43-41-57(58)46-56)70-67-26-9-10-27-68(67)72(71-63(29-14-33-69(70)71)60-42-38-53-22-7-8-23-55(53)47-60)66-32-15-30-64-62(28-13-31-65(64)66)59-25-12-21-52(45-59)37-35-50-18-5-2-6-19-50/h1-48H/b36-34+,37-35+. The smallest absolute Gasteiger partial charge is 0.00139 e. The molecule has 0 aliphatic heterocycles. The molecule has 0 heterocycles. The molecule has 13 rings (SSSR count). The Morgan fingerprint density at radius 3 is 1.31 bits per heavy atom. The van der Waals surface area contributed by atoms with E-state index in [1.807, 2.05) is 0 Å². The zero-order chi connectivity index (χ0) is 47.8. The van der Waals surface area contributed by atoms with Gasteiger partial charge < -0.3 is 0 Å². The number of rotatable bonds is 9. The summed E-state index contributed by atoms with van der Waals surface area (Å²) in [6, 6.07) is 98.0. The van der Waals surface area contributed by atoms with Crippen LogP contribution in [0.4, 0.5) is 0 Å². The van der Waals surface area contributed by atoms with Crippen molar-refractivity contribution in [3.63, 3.8) is 0 Å². The van der Waals surface area contributed by atoms with Crippen LogP contribution in [0.15, 0.2) is 267 Å². The molecule has 0 nitrogen and oxygen atoms in total. The van der Waals surface area contributed by atoms with Gasteiger partial charge in [-0.25, -0.2) is 0 Å². The monoisotopic (exact) mass is 912 g/mol. The lowest BCUT2D eigenvalue weighted by Crippen LogP contribution is -1.94. The van der Waals surface area contributed by atoms with Gasteiger partial charge in [-0.05, 0) is 162 Å². The highest BCUT2D eigenvalue weighted by Gasteiger charge is 2.22. The zero-order valence-electron chi connectivity index (χ0n) is 39.7. The van der Waals surface area contributed by atoms with Gasteiger partial charge in [0.15, 0.2) is 0 Å². The first-order valence-corrected chi connectivity index (χ1v) is 24.9. The van der Waals surface area contributed by atoms with Crippen molar-refractivity contribution in [2.45, 2.75) is 0 Å². The fraction of sp³-hybridized carbons (Fsp3) is 0. The minimum absolute atomic E-state index is 1.17. The maximum Gasteiger partial charge on any atom is -0.00139 e. The summed E-state index contributed by atoms with van der Waals surface area (Å²) in [5, 5.41) is 12.3. The van der Waals surface area contributed by atoms with Crippen molar-refractivity contribution < 1.29 is 0 Å². The zero-order valence-corrected chi connectivity index (χ0v) is 39.7. The van der Waals surface area contributed by atoms with Gasteiger partial charge in [0.2, 0.25) is 0 Å². The van der Waals surface area contributed by atoms with Gasteiger partial charge in [0.25, 0.3) is 0 Å². The molecule has 13 aromatic rings. The van der Waals surface area contributed by atoms with Crippen LogP contribution in [0.1, 0.15) is 22.3 Å². The lowest BCUT2D eigenvalue weighted by Gasteiger charge is -2.22. The molecular formula is C72H48. The molecule has 0 amide bonds. The van der Waals surface area contributed by atoms with E-state index < -0.39 is 0 Å². The van der Waals surface area contributed by atoms with Crippen LogP contribution in [-0.4, -0.2) is 0 Å². The van der Waals surface area contributed by atoms with Gasteiger partial charge in [-0.2, -0.15) is 0 Å². The molecule has 0 spiro atoms. The highest BCUT2D eigenvalue weighted by Crippen LogP contribution is 2.49. The molecule has 13 aromatic carbocycles. The largest absolute Gasteiger partial charge is 0.0622 e. The van der Waals surface area contributed by atoms with Crippen molar-refractivity contribution in [2.75, 3.05) is 0 Å². The average Bonchev–Trinajstić information content (AvgIpc) is 3.45. The second-order valence-corrected chi connectivity index (χ2v) is 18.8. The van der Waals surface area contributed by atoms with Crippen LogP contribution in [0, 0.1) is 0 Å². The summed E-state index contributed by atoms with van der Waals surface area (Å²) in [5.74, 6) is 0. The van der Waals surface area contributed by atoms with Gasteiger partial charge in [0.1, 0.15) is 0 Å². The van der Waals surface area contributed by atoms with E-state index >= 15 is 0 Å². The predicted octanol–water partition coefficient (Wildman–Crippen LogP) is 20.1. The first-order valence-electron chi connectivity index (χ1n) is 24.9. The molecule has 0 atom stereocenters. The molecule has 0 aliphatic carbocycles. The van der Waals surface area contributed by atoms with E-state index in [1.54, 1.807) is 0 Å². The Labute approximate surface area is 420 Å². The van der Waals surface area contributed by atoms with E-state index in [4.69, 9.17) is 0 Å². The van der Waals surface area contributed by atoms with E-state index in [-0.39, 0.29) is 0 Å². The number of hydrogen-bond donors (Lipinski definition) is 0. The Kier molecular flexibility index (Phi) is 11.0. The summed E-state index contributed by atoms with van der Waals surface area (Å²) in [4.78, 5) is 0. The molecule has 336 valence electrons. The Morgan fingerprint density at radius 1 is 0.194 bits per heavy atom. The third-order valence-electron chi connectivity index (χ3n) is 14.4. The van der Waals surface area contributed by atoms with E-state index in [1.165, 1.54) is 132 Å². The molecule has 0 aromatic heterocycles. The Balaban J connectivity index is 0.986. The minimum atomic E-state index is 1.17. The van der Waals surface area contributed by atoms with Gasteiger partial charge in [0, 0.05) is 0 Å². The first kappa shape index (κ1) is 42.7. The van der Waals surface area contributed by atoms with Crippen LogP contribution < -0.4 is 0 Å². The van der Waals surface area contributed by atoms with Crippen LogP contribution in [-0.2, 0) is 0 Å². The molecule has 0 heteroatoms. The number of hydrogen-bond acceptors (Lipinski definition) is 0. The van der Waals surface area contributed by atoms with E-state index in [0.717, 1.165) is 0 Å². The molecular weight excluding hydrogens is 865 g/mol. The lowest BCUT2D eigenvalue weighted by molar-refractivity contribution is 1.61. The van der Waals surface area contributed by atoms with Gasteiger partial charge in [-0.1, -0.05) is 261 Å². The maximum atomic E-state index is 2.40. The molecule has 0 fully saturated rings. The summed E-state index contributed by atoms with van der Waals surface area (Å²) in [5.41, 5.74) is 16.9. The molecule has 0 unspecified atom stereocenters. The SMILES string of the molecule is C(=C\c1cccc(-c2ccc3cc(-c4c5ccccc5c(-c5cccc6c(-c7cccc(/C=C/c8ccccc8)c7)cccc56)c5c(-c6ccc7ccccc7c6)cccc45)ccc3c2)c1)/c1ccccc1. The Morgan fingerprint density at radius 2 is 0.597 bits per heavy atom. The van der Waals surface area contributed by atoms with Crippen LogP contribution in [0.2, 0.25) is 0 Å². The fourth-order valence-corrected chi connectivity index (χ4v) is 10.9. The predicted molar refractivity (Wildman–Crippen MR) is 312 cm³/mol. The van der Waals surface area contributed by atoms with Crippen LogP contribution in [0.5, 0.6) is 0 Å². The van der Waals surface area contributed by atoms with Crippen molar-refractivity contribution in [3.8, 4) is 55.6 Å². The third kappa shape index (κ3) is 8.05. The van der Waals surface area contributed by atoms with Crippen LogP contribution in [0.3, 0.4) is 0 Å². The molecule has 0 radical (unpaired) electrons. The van der Waals surface area contributed by atoms with Gasteiger partial charge >= 0.3 is 0 Å². The van der Waals surface area contributed by atoms with Gasteiger partial charge in [-0.15, -0.1) is 0 Å². The Bertz CT molecular complexity index is 4250. The molecule has 0 saturated carbocycles. The number of benzene rings is 13. The summed E-state index contributed by atoms with van der Waals surface area (Å²) < 4.78 is 0. The molecule has 0 bridgehead atoms. The second kappa shape index (κ2) is 18.5. The summed E-state index contributed by atoms with van der Waals surface area (Å²) in [6.45, 7) is 0. The quantitative estimate of drug-likeness (QED) is 0.1000. The summed E-state index contributed by atoms with van der Waals surface area (Å²) in [7, 11) is 0. The van der Waals surface area contributed by atoms with Crippen molar-refractivity contribution in [2.24, 2.45) is 0 Å². The van der Waals surface area contributed by atoms with Crippen molar-refractivity contribution >= 4 is 78.2 Å². The summed E-state index contributed by atoms with van der Waals surface area (Å²) in [6.07, 6.45) is 8.77. The van der Waals surface area contributed by atoms with Gasteiger partial charge in [0.05, 0.1) is 0 Å². The van der Waals surface area contributed by atoms with Crippen LogP contribution >= 0.6 is 0 Å². The highest BCUT2D eigenvalue weighted by atomic mass is 14.2. The van der Waals surface area contributed by atoms with Crippen LogP contribution in [0.25, 0.3) is 134 Å². The molecule has 0 N–H and O–H groups in total. The lowest BCUT2D eigenvalue weighted by atomic mass is 9.81. The first-order chi connectivity index (χ1) is 35.7. The minimum Gasteiger partial charge on any atom is -0.0622 e. The molecule has 72 heavy (non-hydrogen) atoms. The van der Waals surface area contributed by atoms with Crippen molar-refractivity contribution in [3.05, 3.63) is 289 Å². The van der Waals surface area contributed by atoms with E-state index in [9.17, 15) is 0 Å². The second-order valence-electron chi connectivity index (χ2n) is 18.8. The molecule has 0 aliphatic rings. The van der Waals surface area contributed by atoms with E-state index in [0.29, 0.717) is 0 Å². The molecule has 0 saturated heterocycles. The van der Waals surface area contributed by atoms with Gasteiger partial charge in [-0.3, -0.25) is 0 Å². The maximum absolute atomic E-state index is 2.40. The van der Waals surface area contributed by atoms with E-state index in [2.05, 4.69) is 291 Å². The number of fused-ring (bicyclic) bond motifs is 5. The normalized spacial score (nSPS) is 11.8. The summed E-state index contributed by atoms with van der Waals surface area (Å²) >= 11 is 0. The Hall–Kier alpha value is -9.36. The van der Waals surface area contributed by atoms with Crippen molar-refractivity contribution in [1.29, 1.82) is 0 Å². The highest BCUT2D eigenvalue weighted by molar-refractivity contribution is 6.27. The topological polar surface area (TPSA) is 0 Å².